The van der Waals surface area contributed by atoms with E-state index in [0.29, 0.717) is 5.57 Å². The quantitative estimate of drug-likeness (QED) is 0.501. The number of aliphatic hydroxyl groups is 1. The van der Waals surface area contributed by atoms with E-state index in [9.17, 15) is 4.79 Å². The monoisotopic (exact) mass is 172 g/mol. The summed E-state index contributed by atoms with van der Waals surface area (Å²) in [6.45, 7) is 3.78. The molecular weight excluding hydrogens is 156 g/mol. The summed E-state index contributed by atoms with van der Waals surface area (Å²) < 4.78 is 4.74. The van der Waals surface area contributed by atoms with Crippen molar-refractivity contribution in [3.63, 3.8) is 0 Å². The second-order valence-corrected chi connectivity index (χ2v) is 2.42. The Balaban J connectivity index is 3.87. The first-order valence-electron chi connectivity index (χ1n) is 4.19. The summed E-state index contributed by atoms with van der Waals surface area (Å²) >= 11 is 0. The molecule has 3 heteroatoms. The molecule has 0 radical (unpaired) electrons. The minimum atomic E-state index is -0.312. The molecule has 0 saturated carbocycles. The van der Waals surface area contributed by atoms with Crippen molar-refractivity contribution in [3.05, 3.63) is 11.6 Å². The summed E-state index contributed by atoms with van der Waals surface area (Å²) in [7, 11) is 0. The van der Waals surface area contributed by atoms with Crippen molar-refractivity contribution in [1.82, 2.24) is 0 Å². The van der Waals surface area contributed by atoms with Gasteiger partial charge in [-0.05, 0) is 13.3 Å². The second-order valence-electron chi connectivity index (χ2n) is 2.42. The van der Waals surface area contributed by atoms with Gasteiger partial charge in [0.15, 0.2) is 0 Å². The third-order valence-electron chi connectivity index (χ3n) is 1.45. The Bertz CT molecular complexity index is 161. The Morgan fingerprint density at radius 3 is 2.67 bits per heavy atom. The fraction of sp³-hybridized carbons (Fsp3) is 0.667. The summed E-state index contributed by atoms with van der Waals surface area (Å²) in [6, 6.07) is 0. The summed E-state index contributed by atoms with van der Waals surface area (Å²) in [4.78, 5) is 11.1. The van der Waals surface area contributed by atoms with Crippen LogP contribution in [-0.4, -0.2) is 24.3 Å². The summed E-state index contributed by atoms with van der Waals surface area (Å²) in [5, 5.41) is 8.40. The molecule has 0 aliphatic heterocycles. The van der Waals surface area contributed by atoms with Crippen molar-refractivity contribution in [1.29, 1.82) is 0 Å². The van der Waals surface area contributed by atoms with Crippen LogP contribution >= 0.6 is 0 Å². The van der Waals surface area contributed by atoms with Crippen LogP contribution in [0, 0.1) is 0 Å². The molecular formula is C9H16O3. The molecule has 70 valence electrons. The number of ether oxygens (including phenoxy) is 1. The van der Waals surface area contributed by atoms with Crippen LogP contribution in [-0.2, 0) is 9.53 Å². The minimum Gasteiger partial charge on any atom is -0.460 e. The Labute approximate surface area is 73.0 Å². The molecule has 0 aromatic heterocycles. The van der Waals surface area contributed by atoms with E-state index in [1.807, 2.05) is 13.8 Å². The first-order valence-corrected chi connectivity index (χ1v) is 4.19. The van der Waals surface area contributed by atoms with E-state index in [1.54, 1.807) is 6.08 Å². The normalized spacial score (nSPS) is 11.4. The molecule has 0 aromatic carbocycles. The van der Waals surface area contributed by atoms with Gasteiger partial charge in [-0.2, -0.15) is 0 Å². The lowest BCUT2D eigenvalue weighted by molar-refractivity contribution is -0.140. The minimum absolute atomic E-state index is 0.0832. The molecule has 0 heterocycles. The van der Waals surface area contributed by atoms with Crippen LogP contribution in [0.1, 0.15) is 26.7 Å². The maximum Gasteiger partial charge on any atom is 0.333 e. The van der Waals surface area contributed by atoms with Crippen LogP contribution < -0.4 is 0 Å². The fourth-order valence-corrected chi connectivity index (χ4v) is 0.865. The van der Waals surface area contributed by atoms with E-state index >= 15 is 0 Å². The van der Waals surface area contributed by atoms with Crippen LogP contribution in [0.3, 0.4) is 0 Å². The molecule has 0 amide bonds. The highest BCUT2D eigenvalue weighted by atomic mass is 16.5. The highest BCUT2D eigenvalue weighted by molar-refractivity contribution is 5.88. The van der Waals surface area contributed by atoms with Crippen LogP contribution in [0.25, 0.3) is 0 Å². The molecule has 0 fully saturated rings. The standard InChI is InChI=1S/C9H16O3/c1-3-5-8(4-2)9(11)12-7-6-10/h4,10H,3,5-7H2,1-2H3. The average Bonchev–Trinajstić information content (AvgIpc) is 2.10. The zero-order chi connectivity index (χ0) is 9.40. The van der Waals surface area contributed by atoms with E-state index in [-0.39, 0.29) is 19.2 Å². The van der Waals surface area contributed by atoms with E-state index in [4.69, 9.17) is 9.84 Å². The Kier molecular flexibility index (Phi) is 6.38. The molecule has 0 unspecified atom stereocenters. The number of hydrogen-bond acceptors (Lipinski definition) is 3. The molecule has 0 atom stereocenters. The number of carbonyl (C=O) groups excluding carboxylic acids is 1. The first kappa shape index (κ1) is 11.2. The third-order valence-corrected chi connectivity index (χ3v) is 1.45. The Morgan fingerprint density at radius 1 is 1.58 bits per heavy atom. The smallest absolute Gasteiger partial charge is 0.333 e. The van der Waals surface area contributed by atoms with Crippen molar-refractivity contribution in [3.8, 4) is 0 Å². The zero-order valence-corrected chi connectivity index (χ0v) is 7.67. The van der Waals surface area contributed by atoms with Crippen molar-refractivity contribution >= 4 is 5.97 Å². The van der Waals surface area contributed by atoms with Crippen molar-refractivity contribution < 1.29 is 14.6 Å². The topological polar surface area (TPSA) is 46.5 Å². The van der Waals surface area contributed by atoms with Gasteiger partial charge in [0.1, 0.15) is 6.61 Å². The Morgan fingerprint density at radius 2 is 2.25 bits per heavy atom. The maximum absolute atomic E-state index is 11.1. The van der Waals surface area contributed by atoms with Crippen molar-refractivity contribution in [2.24, 2.45) is 0 Å². The second kappa shape index (κ2) is 6.85. The van der Waals surface area contributed by atoms with Gasteiger partial charge in [0.2, 0.25) is 0 Å². The number of aliphatic hydroxyl groups excluding tert-OH is 1. The van der Waals surface area contributed by atoms with Crippen molar-refractivity contribution in [2.75, 3.05) is 13.2 Å². The summed E-state index contributed by atoms with van der Waals surface area (Å²) in [5.74, 6) is -0.312. The molecule has 0 aliphatic carbocycles. The van der Waals surface area contributed by atoms with Crippen LogP contribution in [0.2, 0.25) is 0 Å². The number of allylic oxidation sites excluding steroid dienone is 1. The van der Waals surface area contributed by atoms with E-state index in [1.165, 1.54) is 0 Å². The van der Waals surface area contributed by atoms with Gasteiger partial charge >= 0.3 is 5.97 Å². The summed E-state index contributed by atoms with van der Waals surface area (Å²) in [6.07, 6.45) is 3.41. The van der Waals surface area contributed by atoms with Gasteiger partial charge in [-0.25, -0.2) is 4.79 Å². The zero-order valence-electron chi connectivity index (χ0n) is 7.67. The fourth-order valence-electron chi connectivity index (χ4n) is 0.865. The van der Waals surface area contributed by atoms with Gasteiger partial charge in [-0.1, -0.05) is 19.4 Å². The molecule has 0 saturated heterocycles. The molecule has 1 N–H and O–H groups in total. The van der Waals surface area contributed by atoms with Gasteiger partial charge in [-0.15, -0.1) is 0 Å². The third kappa shape index (κ3) is 4.13. The predicted molar refractivity (Wildman–Crippen MR) is 46.7 cm³/mol. The molecule has 0 rings (SSSR count). The molecule has 0 bridgehead atoms. The maximum atomic E-state index is 11.1. The van der Waals surface area contributed by atoms with Crippen LogP contribution in [0.15, 0.2) is 11.6 Å². The number of carbonyl (C=O) groups is 1. The van der Waals surface area contributed by atoms with Gasteiger partial charge in [0.05, 0.1) is 6.61 Å². The van der Waals surface area contributed by atoms with Gasteiger partial charge in [-0.3, -0.25) is 0 Å². The van der Waals surface area contributed by atoms with Crippen LogP contribution in [0.4, 0.5) is 0 Å². The van der Waals surface area contributed by atoms with E-state index < -0.39 is 0 Å². The average molecular weight is 172 g/mol. The highest BCUT2D eigenvalue weighted by Crippen LogP contribution is 2.06. The first-order chi connectivity index (χ1) is 5.76. The van der Waals surface area contributed by atoms with Crippen LogP contribution in [0.5, 0.6) is 0 Å². The van der Waals surface area contributed by atoms with Gasteiger partial charge in [0, 0.05) is 5.57 Å². The van der Waals surface area contributed by atoms with E-state index in [2.05, 4.69) is 0 Å². The highest BCUT2D eigenvalue weighted by Gasteiger charge is 2.07. The summed E-state index contributed by atoms with van der Waals surface area (Å²) in [5.41, 5.74) is 0.686. The lowest BCUT2D eigenvalue weighted by atomic mass is 10.1. The predicted octanol–water partition coefficient (Wildman–Crippen LogP) is 1.27. The largest absolute Gasteiger partial charge is 0.460 e. The lowest BCUT2D eigenvalue weighted by Crippen LogP contribution is -2.10. The molecule has 12 heavy (non-hydrogen) atoms. The number of hydrogen-bond donors (Lipinski definition) is 1. The molecule has 0 aliphatic rings. The van der Waals surface area contributed by atoms with Gasteiger partial charge < -0.3 is 9.84 Å². The number of rotatable bonds is 5. The molecule has 0 spiro atoms. The van der Waals surface area contributed by atoms with Gasteiger partial charge in [0.25, 0.3) is 0 Å². The van der Waals surface area contributed by atoms with Crippen molar-refractivity contribution in [2.45, 2.75) is 26.7 Å². The SMILES string of the molecule is CC=C(CCC)C(=O)OCCO. The van der Waals surface area contributed by atoms with E-state index in [0.717, 1.165) is 12.8 Å². The molecule has 0 aromatic rings. The lowest BCUT2D eigenvalue weighted by Gasteiger charge is -2.04. The Hall–Kier alpha value is -0.830. The molecule has 3 nitrogen and oxygen atoms in total. The number of esters is 1.